The molecule has 0 bridgehead atoms. The molecular formula is C30H22Br2. The largest absolute Gasteiger partial charge is 0.0616 e. The molecule has 0 saturated carbocycles. The normalized spacial score (nSPS) is 12.8. The third-order valence-electron chi connectivity index (χ3n) is 5.93. The van der Waals surface area contributed by atoms with Crippen molar-refractivity contribution < 1.29 is 0 Å². The van der Waals surface area contributed by atoms with Gasteiger partial charge in [-0.05, 0) is 69.5 Å². The Hall–Kier alpha value is -2.68. The first-order valence-electron chi connectivity index (χ1n) is 10.8. The van der Waals surface area contributed by atoms with Gasteiger partial charge in [-0.3, -0.25) is 0 Å². The summed E-state index contributed by atoms with van der Waals surface area (Å²) >= 11 is 7.25. The summed E-state index contributed by atoms with van der Waals surface area (Å²) in [5.41, 5.74) is 10.5. The van der Waals surface area contributed by atoms with Crippen molar-refractivity contribution in [3.05, 3.63) is 127 Å². The molecule has 4 aromatic carbocycles. The molecule has 32 heavy (non-hydrogen) atoms. The molecule has 0 saturated heterocycles. The average Bonchev–Trinajstić information content (AvgIpc) is 2.82. The topological polar surface area (TPSA) is 0 Å². The quantitative estimate of drug-likeness (QED) is 0.226. The third kappa shape index (κ3) is 4.57. The van der Waals surface area contributed by atoms with Crippen LogP contribution < -0.4 is 0 Å². The fourth-order valence-electron chi connectivity index (χ4n) is 4.24. The molecule has 0 amide bonds. The number of hydrogen-bond donors (Lipinski definition) is 0. The molecule has 0 unspecified atom stereocenters. The van der Waals surface area contributed by atoms with E-state index in [1.807, 2.05) is 12.1 Å². The zero-order valence-electron chi connectivity index (χ0n) is 17.6. The van der Waals surface area contributed by atoms with Gasteiger partial charge in [-0.15, -0.1) is 0 Å². The summed E-state index contributed by atoms with van der Waals surface area (Å²) in [4.78, 5) is 0. The monoisotopic (exact) mass is 540 g/mol. The van der Waals surface area contributed by atoms with E-state index in [2.05, 4.69) is 129 Å². The summed E-state index contributed by atoms with van der Waals surface area (Å²) in [5, 5.41) is 0. The summed E-state index contributed by atoms with van der Waals surface area (Å²) in [6.07, 6.45) is 10.9. The van der Waals surface area contributed by atoms with Crippen molar-refractivity contribution in [2.24, 2.45) is 0 Å². The lowest BCUT2D eigenvalue weighted by molar-refractivity contribution is 0.941. The maximum atomic E-state index is 3.62. The number of fused-ring (bicyclic) bond motifs is 3. The number of halogens is 2. The molecule has 0 spiro atoms. The minimum atomic E-state index is 1.08. The molecule has 0 N–H and O–H groups in total. The van der Waals surface area contributed by atoms with Gasteiger partial charge in [-0.2, -0.15) is 0 Å². The lowest BCUT2D eigenvalue weighted by Gasteiger charge is -2.21. The van der Waals surface area contributed by atoms with Crippen molar-refractivity contribution in [3.8, 4) is 11.1 Å². The molecule has 2 heteroatoms. The van der Waals surface area contributed by atoms with Crippen LogP contribution in [-0.4, -0.2) is 0 Å². The molecule has 0 atom stereocenters. The van der Waals surface area contributed by atoms with Crippen LogP contribution >= 0.6 is 31.9 Å². The Balaban J connectivity index is 1.39. The second kappa shape index (κ2) is 9.44. The van der Waals surface area contributed by atoms with Crippen molar-refractivity contribution in [1.82, 2.24) is 0 Å². The first-order valence-corrected chi connectivity index (χ1v) is 12.4. The lowest BCUT2D eigenvalue weighted by atomic mass is 9.84. The maximum Gasteiger partial charge on any atom is 0.0247 e. The highest BCUT2D eigenvalue weighted by molar-refractivity contribution is 9.10. The van der Waals surface area contributed by atoms with Gasteiger partial charge >= 0.3 is 0 Å². The molecule has 4 aromatic rings. The van der Waals surface area contributed by atoms with E-state index in [0.29, 0.717) is 0 Å². The van der Waals surface area contributed by atoms with Crippen LogP contribution in [0.15, 0.2) is 93.9 Å². The van der Waals surface area contributed by atoms with Crippen LogP contribution in [0.4, 0.5) is 0 Å². The molecule has 1 aliphatic rings. The SMILES string of the molecule is Brc1ccccc1C=Cc1ccc2c(c1)CCc1cc(C=Cc3ccccc3Br)ccc1-2. The average molecular weight is 542 g/mol. The number of aryl methyl sites for hydroxylation is 2. The highest BCUT2D eigenvalue weighted by Crippen LogP contribution is 2.35. The Bertz CT molecular complexity index is 1240. The second-order valence-corrected chi connectivity index (χ2v) is 9.75. The number of hydrogen-bond acceptors (Lipinski definition) is 0. The van der Waals surface area contributed by atoms with Crippen molar-refractivity contribution in [3.63, 3.8) is 0 Å². The zero-order valence-corrected chi connectivity index (χ0v) is 20.7. The molecular weight excluding hydrogens is 520 g/mol. The zero-order chi connectivity index (χ0) is 21.9. The van der Waals surface area contributed by atoms with Gasteiger partial charge in [0.25, 0.3) is 0 Å². The second-order valence-electron chi connectivity index (χ2n) is 8.04. The fraction of sp³-hybridized carbons (Fsp3) is 0.0667. The summed E-state index contributed by atoms with van der Waals surface area (Å²) in [6.45, 7) is 0. The number of rotatable bonds is 4. The van der Waals surface area contributed by atoms with E-state index in [-0.39, 0.29) is 0 Å². The van der Waals surface area contributed by atoms with E-state index >= 15 is 0 Å². The summed E-state index contributed by atoms with van der Waals surface area (Å²) < 4.78 is 2.24. The van der Waals surface area contributed by atoms with Crippen molar-refractivity contribution in [1.29, 1.82) is 0 Å². The van der Waals surface area contributed by atoms with Crippen LogP contribution in [0.1, 0.15) is 33.4 Å². The minimum absolute atomic E-state index is 1.08. The molecule has 5 rings (SSSR count). The van der Waals surface area contributed by atoms with Gasteiger partial charge in [-0.1, -0.05) is 129 Å². The van der Waals surface area contributed by atoms with Gasteiger partial charge in [-0.25, -0.2) is 0 Å². The van der Waals surface area contributed by atoms with Gasteiger partial charge in [0.05, 0.1) is 0 Å². The molecule has 0 radical (unpaired) electrons. The standard InChI is InChI=1S/C30H22Br2/c31-29-7-3-1-5-23(29)13-9-21-11-17-27-25(19-21)15-16-26-20-22(12-18-28(26)27)10-14-24-6-2-4-8-30(24)32/h1-14,17-20H,15-16H2. The molecule has 0 aromatic heterocycles. The van der Waals surface area contributed by atoms with Gasteiger partial charge in [0.2, 0.25) is 0 Å². The van der Waals surface area contributed by atoms with Gasteiger partial charge in [0.15, 0.2) is 0 Å². The van der Waals surface area contributed by atoms with E-state index in [0.717, 1.165) is 21.8 Å². The Labute approximate surface area is 206 Å². The van der Waals surface area contributed by atoms with Crippen molar-refractivity contribution in [2.45, 2.75) is 12.8 Å². The van der Waals surface area contributed by atoms with Crippen molar-refractivity contribution >= 4 is 56.2 Å². The van der Waals surface area contributed by atoms with E-state index in [4.69, 9.17) is 0 Å². The lowest BCUT2D eigenvalue weighted by Crippen LogP contribution is -2.04. The predicted molar refractivity (Wildman–Crippen MR) is 145 cm³/mol. The van der Waals surface area contributed by atoms with Crippen LogP contribution in [-0.2, 0) is 12.8 Å². The van der Waals surface area contributed by atoms with Gasteiger partial charge < -0.3 is 0 Å². The molecule has 1 aliphatic carbocycles. The van der Waals surface area contributed by atoms with Gasteiger partial charge in [0.1, 0.15) is 0 Å². The Morgan fingerprint density at radius 1 is 0.500 bits per heavy atom. The maximum absolute atomic E-state index is 3.62. The first-order chi connectivity index (χ1) is 15.7. The molecule has 0 aliphatic heterocycles. The van der Waals surface area contributed by atoms with E-state index < -0.39 is 0 Å². The highest BCUT2D eigenvalue weighted by Gasteiger charge is 2.16. The van der Waals surface area contributed by atoms with Crippen LogP contribution in [0.3, 0.4) is 0 Å². The molecule has 0 heterocycles. The Morgan fingerprint density at radius 3 is 1.38 bits per heavy atom. The van der Waals surface area contributed by atoms with E-state index in [1.54, 1.807) is 0 Å². The third-order valence-corrected chi connectivity index (χ3v) is 7.38. The number of benzene rings is 4. The summed E-state index contributed by atoms with van der Waals surface area (Å²) in [7, 11) is 0. The minimum Gasteiger partial charge on any atom is -0.0616 e. The Kier molecular flexibility index (Phi) is 6.25. The van der Waals surface area contributed by atoms with E-state index in [1.165, 1.54) is 44.5 Å². The Morgan fingerprint density at radius 2 is 0.938 bits per heavy atom. The van der Waals surface area contributed by atoms with Crippen LogP contribution in [0.5, 0.6) is 0 Å². The molecule has 0 fully saturated rings. The summed E-state index contributed by atoms with van der Waals surface area (Å²) in [6, 6.07) is 30.3. The first kappa shape index (κ1) is 21.2. The van der Waals surface area contributed by atoms with Crippen molar-refractivity contribution in [2.75, 3.05) is 0 Å². The van der Waals surface area contributed by atoms with Crippen LogP contribution in [0.25, 0.3) is 35.4 Å². The van der Waals surface area contributed by atoms with Crippen LogP contribution in [0, 0.1) is 0 Å². The molecule has 0 nitrogen and oxygen atoms in total. The van der Waals surface area contributed by atoms with Gasteiger partial charge in [0, 0.05) is 8.95 Å². The smallest absolute Gasteiger partial charge is 0.0247 e. The van der Waals surface area contributed by atoms with E-state index in [9.17, 15) is 0 Å². The predicted octanol–water partition coefficient (Wildman–Crippen LogP) is 9.32. The van der Waals surface area contributed by atoms with Crippen LogP contribution in [0.2, 0.25) is 0 Å². The summed E-state index contributed by atoms with van der Waals surface area (Å²) in [5.74, 6) is 0. The highest BCUT2D eigenvalue weighted by atomic mass is 79.9. The fourth-order valence-corrected chi connectivity index (χ4v) is 5.07. The molecule has 156 valence electrons.